The fourth-order valence-electron chi connectivity index (χ4n) is 1.92. The predicted molar refractivity (Wildman–Crippen MR) is 45.2 cm³/mol. The molecule has 0 unspecified atom stereocenters. The van der Waals surface area contributed by atoms with Crippen molar-refractivity contribution >= 4 is 0 Å². The largest absolute Gasteiger partial charge is 1.00 e. The maximum Gasteiger partial charge on any atom is 1.00 e. The van der Waals surface area contributed by atoms with Gasteiger partial charge in [0, 0.05) is 0 Å². The Labute approximate surface area is 88.1 Å². The summed E-state index contributed by atoms with van der Waals surface area (Å²) in [5.41, 5.74) is -0.606. The Hall–Kier alpha value is 0.557. The van der Waals surface area contributed by atoms with Crippen molar-refractivity contribution in [2.45, 2.75) is 52.1 Å². The van der Waals surface area contributed by atoms with Crippen LogP contribution in [0.25, 0.3) is 0 Å². The summed E-state index contributed by atoms with van der Waals surface area (Å²) in [5, 5.41) is 11.5. The number of hydrogen-bond donors (Lipinski definition) is 0. The molecule has 0 aromatic heterocycles. The third kappa shape index (κ3) is 3.52. The predicted octanol–water partition coefficient (Wildman–Crippen LogP) is -1.04. The molecule has 0 N–H and O–H groups in total. The quantitative estimate of drug-likeness (QED) is 0.451. The molecule has 0 bridgehead atoms. The second-order valence-electron chi connectivity index (χ2n) is 4.53. The average molecular weight is 162 g/mol. The Balaban J connectivity index is 0.00000121. The molecule has 1 rings (SSSR count). The van der Waals surface area contributed by atoms with Crippen LogP contribution in [0.4, 0.5) is 0 Å². The monoisotopic (exact) mass is 162 g/mol. The van der Waals surface area contributed by atoms with Gasteiger partial charge in [-0.1, -0.05) is 46.5 Å². The first kappa shape index (κ1) is 12.6. The van der Waals surface area contributed by atoms with E-state index < -0.39 is 5.60 Å². The maximum absolute atomic E-state index is 11.5. The molecule has 1 aliphatic rings. The van der Waals surface area contributed by atoms with Gasteiger partial charge in [0.05, 0.1) is 0 Å². The van der Waals surface area contributed by atoms with Crippen LogP contribution in [-0.4, -0.2) is 5.60 Å². The SMILES string of the molecule is CC(C)C1CCC(C)([O-])CC1.[Li+]. The van der Waals surface area contributed by atoms with E-state index in [4.69, 9.17) is 0 Å². The molecule has 0 atom stereocenters. The zero-order valence-electron chi connectivity index (χ0n) is 8.89. The molecule has 12 heavy (non-hydrogen) atoms. The minimum absolute atomic E-state index is 0. The van der Waals surface area contributed by atoms with Gasteiger partial charge in [-0.2, -0.15) is 0 Å². The molecular weight excluding hydrogens is 143 g/mol. The zero-order valence-corrected chi connectivity index (χ0v) is 8.89. The van der Waals surface area contributed by atoms with Crippen molar-refractivity contribution in [2.24, 2.45) is 11.8 Å². The van der Waals surface area contributed by atoms with Crippen LogP contribution >= 0.6 is 0 Å². The fraction of sp³-hybridized carbons (Fsp3) is 1.00. The second-order valence-corrected chi connectivity index (χ2v) is 4.53. The Morgan fingerprint density at radius 3 is 2.00 bits per heavy atom. The van der Waals surface area contributed by atoms with E-state index >= 15 is 0 Å². The molecule has 2 heteroatoms. The Kier molecular flexibility index (Phi) is 4.92. The first-order valence-electron chi connectivity index (χ1n) is 4.72. The molecule has 1 fully saturated rings. The summed E-state index contributed by atoms with van der Waals surface area (Å²) in [4.78, 5) is 0. The van der Waals surface area contributed by atoms with Crippen molar-refractivity contribution in [1.29, 1.82) is 0 Å². The third-order valence-corrected chi connectivity index (χ3v) is 3.03. The van der Waals surface area contributed by atoms with Crippen molar-refractivity contribution in [3.05, 3.63) is 0 Å². The molecule has 0 amide bonds. The van der Waals surface area contributed by atoms with Gasteiger partial charge < -0.3 is 5.11 Å². The summed E-state index contributed by atoms with van der Waals surface area (Å²) in [5.74, 6) is 1.59. The summed E-state index contributed by atoms with van der Waals surface area (Å²) >= 11 is 0. The van der Waals surface area contributed by atoms with Crippen molar-refractivity contribution < 1.29 is 24.0 Å². The topological polar surface area (TPSA) is 23.1 Å². The average Bonchev–Trinajstić information content (AvgIpc) is 1.86. The van der Waals surface area contributed by atoms with Crippen LogP contribution in [0.5, 0.6) is 0 Å². The number of rotatable bonds is 1. The van der Waals surface area contributed by atoms with Gasteiger partial charge >= 0.3 is 18.9 Å². The van der Waals surface area contributed by atoms with E-state index in [-0.39, 0.29) is 18.9 Å². The summed E-state index contributed by atoms with van der Waals surface area (Å²) in [6.07, 6.45) is 4.07. The molecule has 0 aromatic carbocycles. The van der Waals surface area contributed by atoms with Crippen LogP contribution in [0.2, 0.25) is 0 Å². The van der Waals surface area contributed by atoms with Crippen molar-refractivity contribution in [3.8, 4) is 0 Å². The molecule has 0 heterocycles. The van der Waals surface area contributed by atoms with E-state index in [1.807, 2.05) is 6.92 Å². The van der Waals surface area contributed by atoms with Crippen LogP contribution < -0.4 is 24.0 Å². The second kappa shape index (κ2) is 4.70. The summed E-state index contributed by atoms with van der Waals surface area (Å²) in [7, 11) is 0. The molecule has 66 valence electrons. The normalized spacial score (nSPS) is 36.2. The van der Waals surface area contributed by atoms with Gasteiger partial charge in [-0.3, -0.25) is 0 Å². The van der Waals surface area contributed by atoms with Crippen LogP contribution in [-0.2, 0) is 0 Å². The Morgan fingerprint density at radius 2 is 1.67 bits per heavy atom. The van der Waals surface area contributed by atoms with E-state index in [1.165, 1.54) is 0 Å². The van der Waals surface area contributed by atoms with Gasteiger partial charge in [0.25, 0.3) is 0 Å². The van der Waals surface area contributed by atoms with E-state index in [2.05, 4.69) is 13.8 Å². The van der Waals surface area contributed by atoms with E-state index in [0.717, 1.165) is 37.5 Å². The van der Waals surface area contributed by atoms with Crippen LogP contribution in [0, 0.1) is 11.8 Å². The molecule has 0 radical (unpaired) electrons. The van der Waals surface area contributed by atoms with Crippen molar-refractivity contribution in [2.75, 3.05) is 0 Å². The molecule has 1 saturated carbocycles. The Bertz CT molecular complexity index is 122. The van der Waals surface area contributed by atoms with Gasteiger partial charge in [0.1, 0.15) is 0 Å². The first-order chi connectivity index (χ1) is 5.01. The van der Waals surface area contributed by atoms with E-state index in [1.54, 1.807) is 0 Å². The van der Waals surface area contributed by atoms with Crippen LogP contribution in [0.3, 0.4) is 0 Å². The summed E-state index contributed by atoms with van der Waals surface area (Å²) in [6.45, 7) is 6.37. The van der Waals surface area contributed by atoms with Gasteiger partial charge in [-0.15, -0.1) is 5.60 Å². The van der Waals surface area contributed by atoms with Gasteiger partial charge in [0.2, 0.25) is 0 Å². The molecular formula is C10H19LiO. The van der Waals surface area contributed by atoms with E-state index in [9.17, 15) is 5.11 Å². The molecule has 1 aliphatic carbocycles. The summed E-state index contributed by atoms with van der Waals surface area (Å²) < 4.78 is 0. The van der Waals surface area contributed by atoms with Crippen LogP contribution in [0.15, 0.2) is 0 Å². The fourth-order valence-corrected chi connectivity index (χ4v) is 1.92. The minimum atomic E-state index is -0.606. The summed E-state index contributed by atoms with van der Waals surface area (Å²) in [6, 6.07) is 0. The zero-order chi connectivity index (χ0) is 8.48. The first-order valence-corrected chi connectivity index (χ1v) is 4.72. The molecule has 0 aromatic rings. The minimum Gasteiger partial charge on any atom is -0.850 e. The van der Waals surface area contributed by atoms with E-state index in [0.29, 0.717) is 0 Å². The molecule has 1 nitrogen and oxygen atoms in total. The third-order valence-electron chi connectivity index (χ3n) is 3.03. The smallest absolute Gasteiger partial charge is 0.850 e. The van der Waals surface area contributed by atoms with Crippen LogP contribution in [0.1, 0.15) is 46.5 Å². The number of hydrogen-bond acceptors (Lipinski definition) is 1. The molecule has 0 aliphatic heterocycles. The van der Waals surface area contributed by atoms with Crippen molar-refractivity contribution in [3.63, 3.8) is 0 Å². The molecule has 0 spiro atoms. The maximum atomic E-state index is 11.5. The standard InChI is InChI=1S/C10H19O.Li/c1-8(2)9-4-6-10(3,11)7-5-9;/h8-9H,4-7H2,1-3H3;/q-1;+1. The van der Waals surface area contributed by atoms with Crippen molar-refractivity contribution in [1.82, 2.24) is 0 Å². The van der Waals surface area contributed by atoms with Gasteiger partial charge in [-0.25, -0.2) is 0 Å². The Morgan fingerprint density at radius 1 is 1.25 bits per heavy atom. The molecule has 0 saturated heterocycles. The van der Waals surface area contributed by atoms with Gasteiger partial charge in [0.15, 0.2) is 0 Å². The van der Waals surface area contributed by atoms with Gasteiger partial charge in [-0.05, 0) is 11.8 Å².